The summed E-state index contributed by atoms with van der Waals surface area (Å²) >= 11 is 1.63. The van der Waals surface area contributed by atoms with E-state index in [2.05, 4.69) is 37.9 Å². The molecule has 0 bridgehead atoms. The van der Waals surface area contributed by atoms with E-state index < -0.39 is 0 Å². The summed E-state index contributed by atoms with van der Waals surface area (Å²) in [7, 11) is 0. The van der Waals surface area contributed by atoms with Gasteiger partial charge in [-0.1, -0.05) is 0 Å². The highest BCUT2D eigenvalue weighted by Gasteiger charge is 2.15. The highest BCUT2D eigenvalue weighted by atomic mass is 32.1. The van der Waals surface area contributed by atoms with Crippen LogP contribution in [-0.4, -0.2) is 41.8 Å². The van der Waals surface area contributed by atoms with Crippen molar-refractivity contribution in [1.29, 1.82) is 0 Å². The average molecular weight is 339 g/mol. The van der Waals surface area contributed by atoms with Gasteiger partial charge in [-0.2, -0.15) is 0 Å². The van der Waals surface area contributed by atoms with Crippen molar-refractivity contribution in [2.24, 2.45) is 0 Å². The quantitative estimate of drug-likeness (QED) is 0.700. The van der Waals surface area contributed by atoms with Crippen LogP contribution in [-0.2, 0) is 4.79 Å². The maximum atomic E-state index is 12.2. The third-order valence-electron chi connectivity index (χ3n) is 3.94. The monoisotopic (exact) mass is 338 g/mol. The number of nitrogens with one attached hydrogen (secondary N) is 1. The van der Waals surface area contributed by atoms with Crippen LogP contribution in [0.1, 0.15) is 60.6 Å². The zero-order valence-corrected chi connectivity index (χ0v) is 16.0. The molecule has 0 saturated carbocycles. The second-order valence-corrected chi connectivity index (χ2v) is 7.99. The van der Waals surface area contributed by atoms with Crippen molar-refractivity contribution >= 4 is 23.0 Å². The van der Waals surface area contributed by atoms with Gasteiger partial charge in [-0.25, -0.2) is 0 Å². The number of carbonyl (C=O) groups is 2. The first-order valence-electron chi connectivity index (χ1n) is 8.35. The van der Waals surface area contributed by atoms with E-state index in [0.717, 1.165) is 21.9 Å². The third kappa shape index (κ3) is 6.43. The van der Waals surface area contributed by atoms with Crippen LogP contribution in [0, 0.1) is 13.8 Å². The smallest absolute Gasteiger partial charge is 0.220 e. The Hall–Kier alpha value is -1.20. The molecule has 1 amide bonds. The molecule has 0 aliphatic heterocycles. The number of amides is 1. The molecule has 0 unspecified atom stereocenters. The molecule has 130 valence electrons. The molecule has 1 rings (SSSR count). The Morgan fingerprint density at radius 3 is 2.22 bits per heavy atom. The van der Waals surface area contributed by atoms with Crippen LogP contribution in [0.15, 0.2) is 6.07 Å². The van der Waals surface area contributed by atoms with Crippen molar-refractivity contribution < 1.29 is 9.59 Å². The minimum absolute atomic E-state index is 0.0459. The summed E-state index contributed by atoms with van der Waals surface area (Å²) in [6.45, 7) is 14.0. The maximum Gasteiger partial charge on any atom is 0.220 e. The maximum absolute atomic E-state index is 12.2. The van der Waals surface area contributed by atoms with Crippen LogP contribution in [0.5, 0.6) is 0 Å². The van der Waals surface area contributed by atoms with E-state index in [-0.39, 0.29) is 24.5 Å². The molecule has 1 N–H and O–H groups in total. The van der Waals surface area contributed by atoms with E-state index in [1.54, 1.807) is 11.3 Å². The summed E-state index contributed by atoms with van der Waals surface area (Å²) < 4.78 is 0. The van der Waals surface area contributed by atoms with E-state index in [1.165, 1.54) is 0 Å². The molecular formula is C18H30N2O2S. The molecule has 1 heterocycles. The number of thiophene rings is 1. The van der Waals surface area contributed by atoms with Crippen molar-refractivity contribution in [2.75, 3.05) is 13.1 Å². The van der Waals surface area contributed by atoms with Gasteiger partial charge in [0, 0.05) is 53.3 Å². The van der Waals surface area contributed by atoms with Gasteiger partial charge in [-0.05, 0) is 47.6 Å². The Morgan fingerprint density at radius 1 is 1.13 bits per heavy atom. The summed E-state index contributed by atoms with van der Waals surface area (Å²) in [6, 6.07) is 2.83. The van der Waals surface area contributed by atoms with Gasteiger partial charge in [0.25, 0.3) is 0 Å². The van der Waals surface area contributed by atoms with Crippen molar-refractivity contribution in [3.8, 4) is 0 Å². The van der Waals surface area contributed by atoms with Crippen molar-refractivity contribution in [1.82, 2.24) is 10.2 Å². The van der Waals surface area contributed by atoms with Gasteiger partial charge < -0.3 is 5.32 Å². The molecule has 0 spiro atoms. The SMILES string of the molecule is Cc1cc(C(=O)CCC(=O)NCCN(C(C)C)C(C)C)c(C)s1. The van der Waals surface area contributed by atoms with Crippen LogP contribution in [0.2, 0.25) is 0 Å². The lowest BCUT2D eigenvalue weighted by atomic mass is 10.1. The minimum Gasteiger partial charge on any atom is -0.355 e. The number of nitrogens with zero attached hydrogens (tertiary/aromatic N) is 1. The molecule has 0 aliphatic carbocycles. The Morgan fingerprint density at radius 2 is 1.74 bits per heavy atom. The van der Waals surface area contributed by atoms with Gasteiger partial charge in [-0.15, -0.1) is 11.3 Å². The number of Topliss-reactive ketones (excluding diaryl/α,β-unsaturated/α-hetero) is 1. The molecular weight excluding hydrogens is 308 g/mol. The van der Waals surface area contributed by atoms with Gasteiger partial charge in [0.05, 0.1) is 0 Å². The number of hydrogen-bond donors (Lipinski definition) is 1. The van der Waals surface area contributed by atoms with E-state index in [9.17, 15) is 9.59 Å². The minimum atomic E-state index is -0.0459. The zero-order chi connectivity index (χ0) is 17.6. The van der Waals surface area contributed by atoms with Crippen LogP contribution >= 0.6 is 11.3 Å². The molecule has 0 atom stereocenters. The topological polar surface area (TPSA) is 49.4 Å². The Balaban J connectivity index is 2.34. The summed E-state index contributed by atoms with van der Waals surface area (Å²) in [5.74, 6) is 0.0170. The fourth-order valence-electron chi connectivity index (χ4n) is 2.79. The molecule has 23 heavy (non-hydrogen) atoms. The lowest BCUT2D eigenvalue weighted by Gasteiger charge is -2.30. The average Bonchev–Trinajstić information content (AvgIpc) is 2.79. The van der Waals surface area contributed by atoms with Crippen molar-refractivity contribution in [3.05, 3.63) is 21.4 Å². The molecule has 5 heteroatoms. The predicted molar refractivity (Wildman–Crippen MR) is 97.3 cm³/mol. The number of rotatable bonds is 9. The highest BCUT2D eigenvalue weighted by molar-refractivity contribution is 7.12. The summed E-state index contributed by atoms with van der Waals surface area (Å²) in [4.78, 5) is 28.6. The molecule has 1 aromatic heterocycles. The van der Waals surface area contributed by atoms with Crippen LogP contribution < -0.4 is 5.32 Å². The first-order valence-corrected chi connectivity index (χ1v) is 9.16. The third-order valence-corrected chi connectivity index (χ3v) is 4.91. The van der Waals surface area contributed by atoms with Gasteiger partial charge >= 0.3 is 0 Å². The number of aryl methyl sites for hydroxylation is 2. The number of carbonyl (C=O) groups excluding carboxylic acids is 2. The van der Waals surface area contributed by atoms with E-state index in [4.69, 9.17) is 0 Å². The standard InChI is InChI=1S/C18H30N2O2S/c1-12(2)20(13(3)4)10-9-19-18(22)8-7-17(21)16-11-14(5)23-15(16)6/h11-13H,7-10H2,1-6H3,(H,19,22). The summed E-state index contributed by atoms with van der Waals surface area (Å²) in [6.07, 6.45) is 0.539. The zero-order valence-electron chi connectivity index (χ0n) is 15.2. The summed E-state index contributed by atoms with van der Waals surface area (Å²) in [5, 5.41) is 2.92. The van der Waals surface area contributed by atoms with Gasteiger partial charge in [0.1, 0.15) is 0 Å². The predicted octanol–water partition coefficient (Wildman–Crippen LogP) is 3.56. The molecule has 0 aliphatic rings. The van der Waals surface area contributed by atoms with E-state index >= 15 is 0 Å². The van der Waals surface area contributed by atoms with Gasteiger partial charge in [0.15, 0.2) is 5.78 Å². The Labute approximate surface area is 144 Å². The molecule has 0 saturated heterocycles. The number of hydrogen-bond acceptors (Lipinski definition) is 4. The normalized spacial score (nSPS) is 11.5. The van der Waals surface area contributed by atoms with Crippen LogP contribution in [0.3, 0.4) is 0 Å². The van der Waals surface area contributed by atoms with Crippen LogP contribution in [0.4, 0.5) is 0 Å². The molecule has 4 nitrogen and oxygen atoms in total. The van der Waals surface area contributed by atoms with Crippen molar-refractivity contribution in [3.63, 3.8) is 0 Å². The Kier molecular flexibility index (Phi) is 7.92. The first kappa shape index (κ1) is 19.8. The fourth-order valence-corrected chi connectivity index (χ4v) is 3.74. The highest BCUT2D eigenvalue weighted by Crippen LogP contribution is 2.22. The largest absolute Gasteiger partial charge is 0.355 e. The lowest BCUT2D eigenvalue weighted by molar-refractivity contribution is -0.121. The summed E-state index contributed by atoms with van der Waals surface area (Å²) in [5.41, 5.74) is 0.770. The van der Waals surface area contributed by atoms with E-state index in [1.807, 2.05) is 19.9 Å². The Bertz CT molecular complexity index is 527. The fraction of sp³-hybridized carbons (Fsp3) is 0.667. The second-order valence-electron chi connectivity index (χ2n) is 6.53. The molecule has 0 aromatic carbocycles. The second kappa shape index (κ2) is 9.18. The number of ketones is 1. The first-order chi connectivity index (χ1) is 10.7. The van der Waals surface area contributed by atoms with Crippen LogP contribution in [0.25, 0.3) is 0 Å². The molecule has 0 radical (unpaired) electrons. The van der Waals surface area contributed by atoms with Gasteiger partial charge in [-0.3, -0.25) is 14.5 Å². The molecule has 0 fully saturated rings. The van der Waals surface area contributed by atoms with Gasteiger partial charge in [0.2, 0.25) is 5.91 Å². The van der Waals surface area contributed by atoms with Crippen molar-refractivity contribution in [2.45, 2.75) is 66.5 Å². The van der Waals surface area contributed by atoms with E-state index in [0.29, 0.717) is 18.6 Å². The lowest BCUT2D eigenvalue weighted by Crippen LogP contribution is -2.42. The molecule has 1 aromatic rings.